The van der Waals surface area contributed by atoms with Crippen LogP contribution in [0.3, 0.4) is 0 Å². The van der Waals surface area contributed by atoms with E-state index in [0.29, 0.717) is 6.04 Å². The van der Waals surface area contributed by atoms with E-state index in [1.807, 2.05) is 0 Å². The minimum Gasteiger partial charge on any atom is -0.383 e. The molecule has 1 aromatic rings. The van der Waals surface area contributed by atoms with Gasteiger partial charge in [-0.3, -0.25) is 0 Å². The van der Waals surface area contributed by atoms with Crippen molar-refractivity contribution in [1.82, 2.24) is 5.32 Å². The molecule has 0 heterocycles. The van der Waals surface area contributed by atoms with E-state index < -0.39 is 0 Å². The lowest BCUT2D eigenvalue weighted by Gasteiger charge is -2.32. The fourth-order valence-electron chi connectivity index (χ4n) is 2.69. The van der Waals surface area contributed by atoms with Crippen LogP contribution in [-0.4, -0.2) is 32.3 Å². The van der Waals surface area contributed by atoms with E-state index in [1.54, 1.807) is 7.11 Å². The van der Waals surface area contributed by atoms with Gasteiger partial charge in [0.15, 0.2) is 0 Å². The van der Waals surface area contributed by atoms with Crippen molar-refractivity contribution in [3.05, 3.63) is 29.3 Å². The number of anilines is 1. The number of aryl methyl sites for hydroxylation is 1. The molecule has 0 aromatic heterocycles. The number of ether oxygens (including phenoxy) is 1. The van der Waals surface area contributed by atoms with Crippen LogP contribution in [0.15, 0.2) is 18.2 Å². The first kappa shape index (κ1) is 16.3. The average Bonchev–Trinajstić information content (AvgIpc) is 3.31. The van der Waals surface area contributed by atoms with Crippen LogP contribution in [-0.2, 0) is 11.3 Å². The predicted octanol–water partition coefficient (Wildman–Crippen LogP) is 3.50. The molecule has 0 aliphatic heterocycles. The Morgan fingerprint density at radius 3 is 2.71 bits per heavy atom. The number of nitrogens with one attached hydrogen (secondary N) is 1. The Hall–Kier alpha value is -1.06. The van der Waals surface area contributed by atoms with Crippen LogP contribution in [0.5, 0.6) is 0 Å². The molecular formula is C18H30N2O. The lowest BCUT2D eigenvalue weighted by atomic mass is 10.1. The predicted molar refractivity (Wildman–Crippen MR) is 90.0 cm³/mol. The zero-order chi connectivity index (χ0) is 15.2. The first-order valence-corrected chi connectivity index (χ1v) is 8.24. The highest BCUT2D eigenvalue weighted by Crippen LogP contribution is 2.25. The molecular weight excluding hydrogens is 260 g/mol. The lowest BCUT2D eigenvalue weighted by molar-refractivity contribution is 0.203. The van der Waals surface area contributed by atoms with Gasteiger partial charge < -0.3 is 15.0 Å². The highest BCUT2D eigenvalue weighted by atomic mass is 16.5. The quantitative estimate of drug-likeness (QED) is 0.753. The summed E-state index contributed by atoms with van der Waals surface area (Å²) in [7, 11) is 1.77. The van der Waals surface area contributed by atoms with Crippen LogP contribution in [0.2, 0.25) is 0 Å². The van der Waals surface area contributed by atoms with Gasteiger partial charge in [0.05, 0.1) is 6.61 Å². The van der Waals surface area contributed by atoms with Crippen molar-refractivity contribution < 1.29 is 4.74 Å². The highest BCUT2D eigenvalue weighted by molar-refractivity contribution is 5.55. The van der Waals surface area contributed by atoms with Crippen LogP contribution >= 0.6 is 0 Å². The molecule has 0 saturated heterocycles. The fraction of sp³-hybridized carbons (Fsp3) is 0.667. The maximum atomic E-state index is 5.27. The van der Waals surface area contributed by atoms with Crippen LogP contribution in [0, 0.1) is 6.92 Å². The normalized spacial score (nSPS) is 16.0. The molecule has 0 radical (unpaired) electrons. The third kappa shape index (κ3) is 4.72. The molecule has 2 rings (SSSR count). The van der Waals surface area contributed by atoms with Gasteiger partial charge in [0.25, 0.3) is 0 Å². The van der Waals surface area contributed by atoms with E-state index in [0.717, 1.165) is 32.2 Å². The number of methoxy groups -OCH3 is 1. The van der Waals surface area contributed by atoms with Gasteiger partial charge in [0.2, 0.25) is 0 Å². The van der Waals surface area contributed by atoms with Crippen LogP contribution < -0.4 is 10.2 Å². The minimum atomic E-state index is 0.536. The molecule has 3 heteroatoms. The van der Waals surface area contributed by atoms with Crippen molar-refractivity contribution in [1.29, 1.82) is 0 Å². The van der Waals surface area contributed by atoms with Gasteiger partial charge in [-0.05, 0) is 50.3 Å². The number of nitrogens with zero attached hydrogens (tertiary/aromatic N) is 1. The molecule has 1 atom stereocenters. The second-order valence-corrected chi connectivity index (χ2v) is 6.22. The standard InChI is InChI=1S/C18H30N2O/c1-5-15(3)20(10-11-21-4)18-9-6-16(12-14(18)2)13-19-17-7-8-17/h6,9,12,15,17,19H,5,7-8,10-11,13H2,1-4H3. The molecule has 1 aliphatic carbocycles. The van der Waals surface area contributed by atoms with Gasteiger partial charge in [-0.15, -0.1) is 0 Å². The van der Waals surface area contributed by atoms with Crippen LogP contribution in [0.25, 0.3) is 0 Å². The summed E-state index contributed by atoms with van der Waals surface area (Å²) in [5.41, 5.74) is 4.09. The van der Waals surface area contributed by atoms with Crippen molar-refractivity contribution in [2.75, 3.05) is 25.2 Å². The van der Waals surface area contributed by atoms with Crippen molar-refractivity contribution in [2.45, 2.75) is 58.7 Å². The van der Waals surface area contributed by atoms with Gasteiger partial charge in [0, 0.05) is 38.0 Å². The fourth-order valence-corrected chi connectivity index (χ4v) is 2.69. The number of hydrogen-bond donors (Lipinski definition) is 1. The minimum absolute atomic E-state index is 0.536. The van der Waals surface area contributed by atoms with E-state index in [2.05, 4.69) is 49.2 Å². The summed E-state index contributed by atoms with van der Waals surface area (Å²) in [5.74, 6) is 0. The number of rotatable bonds is 9. The summed E-state index contributed by atoms with van der Waals surface area (Å²) in [6.07, 6.45) is 3.83. The molecule has 3 nitrogen and oxygen atoms in total. The number of benzene rings is 1. The largest absolute Gasteiger partial charge is 0.383 e. The highest BCUT2D eigenvalue weighted by Gasteiger charge is 2.20. The van der Waals surface area contributed by atoms with E-state index >= 15 is 0 Å². The summed E-state index contributed by atoms with van der Waals surface area (Å²) >= 11 is 0. The lowest BCUT2D eigenvalue weighted by Crippen LogP contribution is -2.36. The van der Waals surface area contributed by atoms with Crippen molar-refractivity contribution >= 4 is 5.69 Å². The van der Waals surface area contributed by atoms with Crippen molar-refractivity contribution in [3.8, 4) is 0 Å². The molecule has 0 spiro atoms. The Kier molecular flexibility index (Phi) is 6.07. The van der Waals surface area contributed by atoms with E-state index in [9.17, 15) is 0 Å². The first-order chi connectivity index (χ1) is 10.2. The van der Waals surface area contributed by atoms with Gasteiger partial charge in [-0.2, -0.15) is 0 Å². The molecule has 1 saturated carbocycles. The van der Waals surface area contributed by atoms with E-state index in [1.165, 1.54) is 29.7 Å². The Morgan fingerprint density at radius 1 is 1.38 bits per heavy atom. The molecule has 1 aromatic carbocycles. The molecule has 1 N–H and O–H groups in total. The summed E-state index contributed by atoms with van der Waals surface area (Å²) in [5, 5.41) is 3.58. The summed E-state index contributed by atoms with van der Waals surface area (Å²) in [6, 6.07) is 8.17. The third-order valence-corrected chi connectivity index (χ3v) is 4.40. The summed E-state index contributed by atoms with van der Waals surface area (Å²) in [4.78, 5) is 2.47. The Bertz CT molecular complexity index is 443. The molecule has 0 amide bonds. The topological polar surface area (TPSA) is 24.5 Å². The molecule has 1 unspecified atom stereocenters. The zero-order valence-electron chi connectivity index (χ0n) is 14.0. The molecule has 21 heavy (non-hydrogen) atoms. The first-order valence-electron chi connectivity index (χ1n) is 8.24. The third-order valence-electron chi connectivity index (χ3n) is 4.40. The van der Waals surface area contributed by atoms with Crippen molar-refractivity contribution in [3.63, 3.8) is 0 Å². The zero-order valence-corrected chi connectivity index (χ0v) is 14.0. The van der Waals surface area contributed by atoms with Gasteiger partial charge in [-0.1, -0.05) is 19.1 Å². The maximum Gasteiger partial charge on any atom is 0.0637 e. The second-order valence-electron chi connectivity index (χ2n) is 6.22. The monoisotopic (exact) mass is 290 g/mol. The van der Waals surface area contributed by atoms with E-state index in [4.69, 9.17) is 4.74 Å². The SMILES string of the molecule is CCC(C)N(CCOC)c1ccc(CNC2CC2)cc1C. The van der Waals surface area contributed by atoms with Gasteiger partial charge in [-0.25, -0.2) is 0 Å². The summed E-state index contributed by atoms with van der Waals surface area (Å²) in [6.45, 7) is 9.47. The van der Waals surface area contributed by atoms with Crippen LogP contribution in [0.4, 0.5) is 5.69 Å². The molecule has 1 aliphatic rings. The van der Waals surface area contributed by atoms with Gasteiger partial charge >= 0.3 is 0 Å². The molecule has 118 valence electrons. The molecule has 1 fully saturated rings. The smallest absolute Gasteiger partial charge is 0.0637 e. The Labute approximate surface area is 129 Å². The average molecular weight is 290 g/mol. The summed E-state index contributed by atoms with van der Waals surface area (Å²) < 4.78 is 5.27. The second kappa shape index (κ2) is 7.81. The Morgan fingerprint density at radius 2 is 2.14 bits per heavy atom. The Balaban J connectivity index is 2.07. The van der Waals surface area contributed by atoms with Crippen LogP contribution in [0.1, 0.15) is 44.2 Å². The van der Waals surface area contributed by atoms with Crippen molar-refractivity contribution in [2.24, 2.45) is 0 Å². The van der Waals surface area contributed by atoms with E-state index in [-0.39, 0.29) is 0 Å². The maximum absolute atomic E-state index is 5.27. The van der Waals surface area contributed by atoms with Gasteiger partial charge in [0.1, 0.15) is 0 Å². The number of hydrogen-bond acceptors (Lipinski definition) is 3. The molecule has 0 bridgehead atoms.